The second kappa shape index (κ2) is 9.69. The molecular formula is C21H27N3O6S. The highest BCUT2D eigenvalue weighted by Crippen LogP contribution is 2.32. The highest BCUT2D eigenvalue weighted by atomic mass is 32.2. The number of amides is 4. The summed E-state index contributed by atoms with van der Waals surface area (Å²) in [6, 6.07) is 3.01. The fraction of sp³-hybridized carbons (Fsp3) is 0.524. The van der Waals surface area contributed by atoms with Crippen molar-refractivity contribution < 1.29 is 27.6 Å². The number of nitrogens with two attached hydrogens (primary N) is 1. The molecule has 1 atom stereocenters. The molecule has 0 saturated carbocycles. The molecule has 1 saturated heterocycles. The number of hydrogen-bond donors (Lipinski definition) is 2. The van der Waals surface area contributed by atoms with Crippen LogP contribution in [0.4, 0.5) is 0 Å². The molecule has 1 fully saturated rings. The van der Waals surface area contributed by atoms with Gasteiger partial charge in [-0.05, 0) is 37.9 Å². The Hall–Kier alpha value is -2.59. The minimum absolute atomic E-state index is 0.000246. The van der Waals surface area contributed by atoms with Gasteiger partial charge in [-0.1, -0.05) is 31.7 Å². The molecule has 0 spiro atoms. The first kappa shape index (κ1) is 23.1. The van der Waals surface area contributed by atoms with Crippen molar-refractivity contribution in [1.82, 2.24) is 10.2 Å². The summed E-state index contributed by atoms with van der Waals surface area (Å²) in [5.41, 5.74) is 5.25. The van der Waals surface area contributed by atoms with Crippen molar-refractivity contribution in [2.45, 2.75) is 62.3 Å². The Morgan fingerprint density at radius 3 is 2.32 bits per heavy atom. The van der Waals surface area contributed by atoms with Crippen LogP contribution in [0.5, 0.6) is 0 Å². The van der Waals surface area contributed by atoms with E-state index in [1.54, 1.807) is 0 Å². The van der Waals surface area contributed by atoms with Crippen molar-refractivity contribution in [1.29, 1.82) is 0 Å². The normalized spacial score (nSPS) is 19.0. The minimum atomic E-state index is -3.79. The van der Waals surface area contributed by atoms with Crippen molar-refractivity contribution in [3.63, 3.8) is 0 Å². The molecule has 0 radical (unpaired) electrons. The first-order chi connectivity index (χ1) is 14.8. The summed E-state index contributed by atoms with van der Waals surface area (Å²) in [4.78, 5) is 50.1. The van der Waals surface area contributed by atoms with Gasteiger partial charge in [-0.3, -0.25) is 29.4 Å². The number of carbonyl (C=O) groups is 4. The molecule has 2 heterocycles. The van der Waals surface area contributed by atoms with Crippen LogP contribution in [0.3, 0.4) is 0 Å². The molecule has 31 heavy (non-hydrogen) atoms. The lowest BCUT2D eigenvalue weighted by Gasteiger charge is -2.27. The minimum Gasteiger partial charge on any atom is -0.330 e. The zero-order valence-corrected chi connectivity index (χ0v) is 18.1. The Labute approximate surface area is 181 Å². The van der Waals surface area contributed by atoms with Gasteiger partial charge < -0.3 is 5.73 Å². The molecule has 3 N–H and O–H groups in total. The number of fused-ring (bicyclic) bond motifs is 1. The van der Waals surface area contributed by atoms with Crippen molar-refractivity contribution in [3.05, 3.63) is 29.3 Å². The molecule has 0 aliphatic carbocycles. The van der Waals surface area contributed by atoms with Crippen LogP contribution in [0.15, 0.2) is 23.1 Å². The highest BCUT2D eigenvalue weighted by Gasteiger charge is 2.46. The number of nitrogens with zero attached hydrogens (tertiary/aromatic N) is 1. The van der Waals surface area contributed by atoms with Crippen molar-refractivity contribution >= 4 is 33.5 Å². The number of imide groups is 2. The molecule has 1 aromatic carbocycles. The number of unbranched alkanes of at least 4 members (excludes halogenated alkanes) is 5. The fourth-order valence-corrected chi connectivity index (χ4v) is 5.59. The summed E-state index contributed by atoms with van der Waals surface area (Å²) in [7, 11) is -3.79. The Morgan fingerprint density at radius 1 is 0.968 bits per heavy atom. The standard InChI is InChI=1S/C21H27N3O6S/c22-12-5-3-1-2-4-6-13-31(29,30)16-9-7-8-14-18(16)21(28)24(20(14)27)15-10-11-17(25)23-19(15)26/h7-9,15H,1-6,10-13,22H2,(H,23,25,26). The summed E-state index contributed by atoms with van der Waals surface area (Å²) in [6.45, 7) is 0.649. The predicted molar refractivity (Wildman–Crippen MR) is 112 cm³/mol. The average molecular weight is 450 g/mol. The van der Waals surface area contributed by atoms with E-state index in [4.69, 9.17) is 5.73 Å². The molecule has 3 rings (SSSR count). The lowest BCUT2D eigenvalue weighted by atomic mass is 10.0. The van der Waals surface area contributed by atoms with E-state index in [9.17, 15) is 27.6 Å². The van der Waals surface area contributed by atoms with Crippen LogP contribution < -0.4 is 11.1 Å². The zero-order valence-electron chi connectivity index (χ0n) is 17.3. The van der Waals surface area contributed by atoms with Crippen LogP contribution in [0.25, 0.3) is 0 Å². The average Bonchev–Trinajstić information content (AvgIpc) is 2.98. The molecule has 1 unspecified atom stereocenters. The van der Waals surface area contributed by atoms with Crippen LogP contribution in [-0.4, -0.2) is 55.3 Å². The van der Waals surface area contributed by atoms with Gasteiger partial charge in [0.1, 0.15) is 6.04 Å². The van der Waals surface area contributed by atoms with E-state index in [-0.39, 0.29) is 34.6 Å². The largest absolute Gasteiger partial charge is 0.330 e. The molecule has 2 aliphatic heterocycles. The number of carbonyl (C=O) groups excluding carboxylic acids is 4. The lowest BCUT2D eigenvalue weighted by Crippen LogP contribution is -2.54. The number of benzene rings is 1. The first-order valence-corrected chi connectivity index (χ1v) is 12.2. The third kappa shape index (κ3) is 4.85. The van der Waals surface area contributed by atoms with Crippen molar-refractivity contribution in [2.75, 3.05) is 12.3 Å². The lowest BCUT2D eigenvalue weighted by molar-refractivity contribution is -0.136. The SMILES string of the molecule is NCCCCCCCCS(=O)(=O)c1cccc2c1C(=O)N(C1CCC(=O)NC1=O)C2=O. The summed E-state index contributed by atoms with van der Waals surface area (Å²) < 4.78 is 25.9. The number of rotatable bonds is 10. The Kier molecular flexibility index (Phi) is 7.22. The molecule has 9 nitrogen and oxygen atoms in total. The Balaban J connectivity index is 1.75. The fourth-order valence-electron chi connectivity index (χ4n) is 4.00. The molecule has 0 bridgehead atoms. The third-order valence-corrected chi connectivity index (χ3v) is 7.47. The van der Waals surface area contributed by atoms with Crippen LogP contribution in [0, 0.1) is 0 Å². The van der Waals surface area contributed by atoms with Crippen LogP contribution in [0.1, 0.15) is 72.1 Å². The van der Waals surface area contributed by atoms with Gasteiger partial charge >= 0.3 is 0 Å². The van der Waals surface area contributed by atoms with Crippen molar-refractivity contribution in [3.8, 4) is 0 Å². The molecular weight excluding hydrogens is 422 g/mol. The van der Waals surface area contributed by atoms with E-state index in [1.165, 1.54) is 18.2 Å². The van der Waals surface area contributed by atoms with Gasteiger partial charge in [-0.2, -0.15) is 0 Å². The van der Waals surface area contributed by atoms with E-state index in [0.717, 1.165) is 37.0 Å². The Bertz CT molecular complexity index is 1000. The van der Waals surface area contributed by atoms with Crippen LogP contribution in [0.2, 0.25) is 0 Å². The van der Waals surface area contributed by atoms with Crippen LogP contribution >= 0.6 is 0 Å². The second-order valence-electron chi connectivity index (χ2n) is 7.85. The maximum Gasteiger partial charge on any atom is 0.263 e. The molecule has 0 aromatic heterocycles. The first-order valence-electron chi connectivity index (χ1n) is 10.6. The maximum atomic E-state index is 13.0. The number of sulfone groups is 1. The quantitative estimate of drug-likeness (QED) is 0.403. The van der Waals surface area contributed by atoms with Crippen LogP contribution in [-0.2, 0) is 19.4 Å². The number of piperidine rings is 1. The molecule has 4 amide bonds. The van der Waals surface area contributed by atoms with Gasteiger partial charge in [0.2, 0.25) is 11.8 Å². The predicted octanol–water partition coefficient (Wildman–Crippen LogP) is 1.16. The molecule has 10 heteroatoms. The van der Waals surface area contributed by atoms with Gasteiger partial charge in [0.05, 0.1) is 21.8 Å². The second-order valence-corrected chi connectivity index (χ2v) is 9.93. The van der Waals surface area contributed by atoms with Gasteiger partial charge in [-0.15, -0.1) is 0 Å². The van der Waals surface area contributed by atoms with Crippen molar-refractivity contribution in [2.24, 2.45) is 5.73 Å². The molecule has 2 aliphatic rings. The van der Waals surface area contributed by atoms with Gasteiger partial charge in [-0.25, -0.2) is 8.42 Å². The Morgan fingerprint density at radius 2 is 1.65 bits per heavy atom. The van der Waals surface area contributed by atoms with Gasteiger partial charge in [0.25, 0.3) is 11.8 Å². The molecule has 168 valence electrons. The van der Waals surface area contributed by atoms with E-state index >= 15 is 0 Å². The van der Waals surface area contributed by atoms with E-state index in [0.29, 0.717) is 13.0 Å². The maximum absolute atomic E-state index is 13.0. The zero-order chi connectivity index (χ0) is 22.6. The topological polar surface area (TPSA) is 144 Å². The van der Waals surface area contributed by atoms with E-state index in [2.05, 4.69) is 5.32 Å². The highest BCUT2D eigenvalue weighted by molar-refractivity contribution is 7.91. The number of hydrogen-bond acceptors (Lipinski definition) is 7. The summed E-state index contributed by atoms with van der Waals surface area (Å²) >= 11 is 0. The van der Waals surface area contributed by atoms with E-state index in [1.807, 2.05) is 0 Å². The van der Waals surface area contributed by atoms with E-state index < -0.39 is 39.5 Å². The third-order valence-electron chi connectivity index (χ3n) is 5.63. The summed E-state index contributed by atoms with van der Waals surface area (Å²) in [5.74, 6) is -2.85. The molecule has 1 aromatic rings. The van der Waals surface area contributed by atoms with Gasteiger partial charge in [0, 0.05) is 6.42 Å². The smallest absolute Gasteiger partial charge is 0.263 e. The summed E-state index contributed by atoms with van der Waals surface area (Å²) in [5, 5.41) is 2.12. The number of nitrogens with one attached hydrogen (secondary N) is 1. The summed E-state index contributed by atoms with van der Waals surface area (Å²) in [6.07, 6.45) is 5.08. The monoisotopic (exact) mass is 449 g/mol. The van der Waals surface area contributed by atoms with Gasteiger partial charge in [0.15, 0.2) is 9.84 Å².